The summed E-state index contributed by atoms with van der Waals surface area (Å²) >= 11 is 1.60. The molecule has 2 saturated heterocycles. The first-order valence-electron chi connectivity index (χ1n) is 8.47. The number of hydrogen-bond acceptors (Lipinski definition) is 7. The number of nitrogens with one attached hydrogen (secondary N) is 1. The van der Waals surface area contributed by atoms with Gasteiger partial charge in [0.1, 0.15) is 29.8 Å². The van der Waals surface area contributed by atoms with E-state index in [2.05, 4.69) is 15.2 Å². The minimum atomic E-state index is -0.866. The van der Waals surface area contributed by atoms with Gasteiger partial charge in [-0.3, -0.25) is 4.99 Å². The molecule has 0 unspecified atom stereocenters. The van der Waals surface area contributed by atoms with Gasteiger partial charge in [0.05, 0.1) is 0 Å². The van der Waals surface area contributed by atoms with Crippen LogP contribution in [0.3, 0.4) is 0 Å². The maximum Gasteiger partial charge on any atom is 0.162 e. The Hall–Kier alpha value is -0.340. The van der Waals surface area contributed by atoms with Crippen LogP contribution in [-0.2, 0) is 4.74 Å². The van der Waals surface area contributed by atoms with Gasteiger partial charge in [0.15, 0.2) is 5.17 Å². The molecule has 0 aromatic heterocycles. The van der Waals surface area contributed by atoms with Crippen molar-refractivity contribution in [3.8, 4) is 0 Å². The van der Waals surface area contributed by atoms with E-state index in [9.17, 15) is 10.2 Å². The summed E-state index contributed by atoms with van der Waals surface area (Å²) in [5, 5.41) is 25.2. The first kappa shape index (κ1) is 15.2. The Morgan fingerprint density at radius 3 is 2.64 bits per heavy atom. The van der Waals surface area contributed by atoms with Gasteiger partial charge in [-0.1, -0.05) is 24.6 Å². The summed E-state index contributed by atoms with van der Waals surface area (Å²) in [5.74, 6) is 0. The van der Waals surface area contributed by atoms with Crippen LogP contribution in [0, 0.1) is 0 Å². The summed E-state index contributed by atoms with van der Waals surface area (Å²) in [6.07, 6.45) is 4.12. The number of ether oxygens (including phenoxy) is 1. The fourth-order valence-electron chi connectivity index (χ4n) is 3.66. The molecule has 0 aromatic rings. The Morgan fingerprint density at radius 2 is 1.95 bits per heavy atom. The van der Waals surface area contributed by atoms with Crippen molar-refractivity contribution < 1.29 is 14.9 Å². The molecule has 22 heavy (non-hydrogen) atoms. The van der Waals surface area contributed by atoms with Gasteiger partial charge in [-0.05, 0) is 19.3 Å². The van der Waals surface area contributed by atoms with Crippen molar-refractivity contribution in [2.75, 3.05) is 19.6 Å². The predicted molar refractivity (Wildman–Crippen MR) is 85.9 cm³/mol. The second kappa shape index (κ2) is 6.28. The van der Waals surface area contributed by atoms with Crippen LogP contribution in [0.2, 0.25) is 0 Å². The average molecular weight is 327 g/mol. The topological polar surface area (TPSA) is 77.3 Å². The monoisotopic (exact) mass is 327 g/mol. The van der Waals surface area contributed by atoms with Gasteiger partial charge in [-0.15, -0.1) is 0 Å². The number of rotatable bonds is 3. The first-order chi connectivity index (χ1) is 10.7. The van der Waals surface area contributed by atoms with E-state index < -0.39 is 12.2 Å². The van der Waals surface area contributed by atoms with E-state index >= 15 is 0 Å². The maximum absolute atomic E-state index is 10.4. The van der Waals surface area contributed by atoms with Crippen molar-refractivity contribution in [2.24, 2.45) is 4.99 Å². The summed E-state index contributed by atoms with van der Waals surface area (Å²) in [6, 6.07) is 0.202. The van der Waals surface area contributed by atoms with Crippen molar-refractivity contribution in [1.29, 1.82) is 0 Å². The quantitative estimate of drug-likeness (QED) is 0.685. The van der Waals surface area contributed by atoms with Gasteiger partial charge in [-0.2, -0.15) is 0 Å². The number of likely N-dealkylation sites (tertiary alicyclic amines) is 1. The molecule has 0 radical (unpaired) electrons. The molecule has 124 valence electrons. The van der Waals surface area contributed by atoms with Gasteiger partial charge in [-0.25, -0.2) is 0 Å². The van der Waals surface area contributed by atoms with Crippen LogP contribution >= 0.6 is 11.8 Å². The Kier molecular flexibility index (Phi) is 4.34. The lowest BCUT2D eigenvalue weighted by molar-refractivity contribution is -0.151. The fraction of sp³-hybridized carbons (Fsp3) is 0.933. The highest BCUT2D eigenvalue weighted by atomic mass is 32.2. The van der Waals surface area contributed by atoms with E-state index in [1.54, 1.807) is 11.8 Å². The molecule has 1 aliphatic carbocycles. The molecule has 4 rings (SSSR count). The summed E-state index contributed by atoms with van der Waals surface area (Å²) in [5.41, 5.74) is -0.163. The van der Waals surface area contributed by atoms with Crippen molar-refractivity contribution in [1.82, 2.24) is 10.2 Å². The van der Waals surface area contributed by atoms with Gasteiger partial charge in [0.2, 0.25) is 0 Å². The number of hydrogen-bond donors (Lipinski definition) is 3. The van der Waals surface area contributed by atoms with E-state index in [0.717, 1.165) is 18.3 Å². The Morgan fingerprint density at radius 1 is 1.18 bits per heavy atom. The second-order valence-electron chi connectivity index (χ2n) is 6.77. The molecule has 0 amide bonds. The number of aliphatic hydroxyl groups excluding tert-OH is 2. The van der Waals surface area contributed by atoms with E-state index in [1.165, 1.54) is 32.1 Å². The van der Waals surface area contributed by atoms with Crippen molar-refractivity contribution in [3.63, 3.8) is 0 Å². The molecule has 0 aromatic carbocycles. The molecule has 4 aliphatic rings. The number of thioether (sulfide) groups is 1. The van der Waals surface area contributed by atoms with E-state index in [4.69, 9.17) is 4.74 Å². The second-order valence-corrected chi connectivity index (χ2v) is 7.84. The van der Waals surface area contributed by atoms with Crippen molar-refractivity contribution >= 4 is 16.9 Å². The number of fused-ring (bicyclic) bond motifs is 1. The summed E-state index contributed by atoms with van der Waals surface area (Å²) < 4.78 is 6.05. The fourth-order valence-corrected chi connectivity index (χ4v) is 4.94. The van der Waals surface area contributed by atoms with E-state index in [-0.39, 0.29) is 17.6 Å². The van der Waals surface area contributed by atoms with Crippen LogP contribution in [-0.4, -0.2) is 75.7 Å². The zero-order valence-electron chi connectivity index (χ0n) is 12.7. The number of nitrogens with zero attached hydrogens (tertiary/aromatic N) is 2. The molecule has 0 bridgehead atoms. The summed E-state index contributed by atoms with van der Waals surface area (Å²) in [4.78, 5) is 6.81. The lowest BCUT2D eigenvalue weighted by Crippen LogP contribution is -2.57. The molecule has 1 saturated carbocycles. The molecule has 0 spiro atoms. The summed E-state index contributed by atoms with van der Waals surface area (Å²) in [7, 11) is 0. The minimum absolute atomic E-state index is 0.163. The van der Waals surface area contributed by atoms with E-state index in [1.807, 2.05) is 0 Å². The number of aliphatic hydroxyl groups is 2. The standard InChI is InChI=1S/C15H25N3O3S/c19-12-10(8-16-9-4-1-2-5-9)21-14-11(13(12)20)17-15(22-14)18-6-3-7-18/h9-14,16,19-20H,1-8H2/t10-,11-,12-,13-,14-/m1/s1. The highest BCUT2D eigenvalue weighted by molar-refractivity contribution is 8.14. The van der Waals surface area contributed by atoms with Gasteiger partial charge >= 0.3 is 0 Å². The van der Waals surface area contributed by atoms with Crippen molar-refractivity contribution in [2.45, 2.75) is 67.9 Å². The van der Waals surface area contributed by atoms with Gasteiger partial charge < -0.3 is 25.2 Å². The highest BCUT2D eigenvalue weighted by Crippen LogP contribution is 2.38. The van der Waals surface area contributed by atoms with Crippen LogP contribution in [0.5, 0.6) is 0 Å². The van der Waals surface area contributed by atoms with Gasteiger partial charge in [0, 0.05) is 25.7 Å². The molecule has 3 aliphatic heterocycles. The molecule has 3 N–H and O–H groups in total. The maximum atomic E-state index is 10.4. The lowest BCUT2D eigenvalue weighted by atomic mass is 9.98. The Balaban J connectivity index is 1.36. The number of aliphatic imine (C=N–C) groups is 1. The Labute approximate surface area is 135 Å². The Bertz CT molecular complexity index is 440. The van der Waals surface area contributed by atoms with Crippen LogP contribution < -0.4 is 5.32 Å². The largest absolute Gasteiger partial charge is 0.388 e. The third-order valence-electron chi connectivity index (χ3n) is 5.24. The van der Waals surface area contributed by atoms with E-state index in [0.29, 0.717) is 12.6 Å². The molecular weight excluding hydrogens is 302 g/mol. The molecule has 3 heterocycles. The third-order valence-corrected chi connectivity index (χ3v) is 6.44. The molecule has 3 fully saturated rings. The average Bonchev–Trinajstić information content (AvgIpc) is 3.08. The SMILES string of the molecule is O[C@H]1[C@H](O)[C@@H](CNC2CCCC2)O[C@@H]2SC(N3CCC3)=N[C@H]12. The molecular formula is C15H25N3O3S. The lowest BCUT2D eigenvalue weighted by Gasteiger charge is -2.38. The smallest absolute Gasteiger partial charge is 0.162 e. The predicted octanol–water partition coefficient (Wildman–Crippen LogP) is 0.142. The van der Waals surface area contributed by atoms with Crippen LogP contribution in [0.1, 0.15) is 32.1 Å². The van der Waals surface area contributed by atoms with Gasteiger partial charge in [0.25, 0.3) is 0 Å². The normalized spacial score (nSPS) is 42.2. The third kappa shape index (κ3) is 2.78. The van der Waals surface area contributed by atoms with Crippen molar-refractivity contribution in [3.05, 3.63) is 0 Å². The minimum Gasteiger partial charge on any atom is -0.388 e. The van der Waals surface area contributed by atoms with Crippen LogP contribution in [0.4, 0.5) is 0 Å². The zero-order valence-corrected chi connectivity index (χ0v) is 13.5. The molecule has 6 nitrogen and oxygen atoms in total. The molecule has 7 heteroatoms. The van der Waals surface area contributed by atoms with Crippen LogP contribution in [0.15, 0.2) is 4.99 Å². The summed E-state index contributed by atoms with van der Waals surface area (Å²) in [6.45, 7) is 2.68. The highest BCUT2D eigenvalue weighted by Gasteiger charge is 2.49. The zero-order chi connectivity index (χ0) is 15.1. The number of amidine groups is 1. The first-order valence-corrected chi connectivity index (χ1v) is 9.35. The van der Waals surface area contributed by atoms with Crippen LogP contribution in [0.25, 0.3) is 0 Å². The molecule has 5 atom stereocenters.